The van der Waals surface area contributed by atoms with Crippen LogP contribution >= 0.6 is 0 Å². The first-order valence-electron chi connectivity index (χ1n) is 8.49. The minimum atomic E-state index is -3.03. The smallest absolute Gasteiger partial charge is 0.340 e. The number of phenolic OH excluding ortho intramolecular Hbond substituents is 1. The van der Waals surface area contributed by atoms with E-state index in [0.29, 0.717) is 22.9 Å². The molecular weight excluding hydrogens is 374 g/mol. The van der Waals surface area contributed by atoms with Crippen molar-refractivity contribution in [2.75, 3.05) is 18.6 Å². The van der Waals surface area contributed by atoms with Gasteiger partial charge in [0.1, 0.15) is 11.3 Å². The summed E-state index contributed by atoms with van der Waals surface area (Å²) in [4.78, 5) is 23.9. The number of aryl methyl sites for hydroxylation is 1. The highest BCUT2D eigenvalue weighted by atomic mass is 32.2. The van der Waals surface area contributed by atoms with Gasteiger partial charge in [-0.05, 0) is 31.0 Å². The zero-order chi connectivity index (χ0) is 19.8. The molecule has 1 aliphatic heterocycles. The van der Waals surface area contributed by atoms with Crippen LogP contribution in [-0.2, 0) is 32.3 Å². The summed E-state index contributed by atoms with van der Waals surface area (Å²) >= 11 is 0. The number of benzene rings is 1. The van der Waals surface area contributed by atoms with Crippen LogP contribution in [0.3, 0.4) is 0 Å². The maximum Gasteiger partial charge on any atom is 0.340 e. The van der Waals surface area contributed by atoms with Crippen LogP contribution in [0.15, 0.2) is 21.3 Å². The summed E-state index contributed by atoms with van der Waals surface area (Å²) < 4.78 is 33.2. The van der Waals surface area contributed by atoms with Crippen molar-refractivity contribution in [1.82, 2.24) is 5.32 Å². The predicted molar refractivity (Wildman–Crippen MR) is 98.5 cm³/mol. The molecule has 2 heterocycles. The number of sulfone groups is 1. The van der Waals surface area contributed by atoms with Crippen LogP contribution in [0.1, 0.15) is 23.1 Å². The number of rotatable bonds is 5. The zero-order valence-electron chi connectivity index (χ0n) is 15.1. The summed E-state index contributed by atoms with van der Waals surface area (Å²) in [6, 6.07) is 2.89. The minimum absolute atomic E-state index is 0.0464. The van der Waals surface area contributed by atoms with Crippen molar-refractivity contribution in [1.29, 1.82) is 0 Å². The van der Waals surface area contributed by atoms with E-state index in [1.54, 1.807) is 13.0 Å². The lowest BCUT2D eigenvalue weighted by atomic mass is 10.0. The van der Waals surface area contributed by atoms with Crippen molar-refractivity contribution < 1.29 is 27.5 Å². The topological polar surface area (TPSA) is 123 Å². The van der Waals surface area contributed by atoms with E-state index in [1.165, 1.54) is 13.2 Å². The average Bonchev–Trinajstić information content (AvgIpc) is 2.96. The van der Waals surface area contributed by atoms with Gasteiger partial charge < -0.3 is 19.6 Å². The van der Waals surface area contributed by atoms with E-state index in [4.69, 9.17) is 4.42 Å². The summed E-state index contributed by atoms with van der Waals surface area (Å²) in [5.41, 5.74) is 0.721. The Kier molecular flexibility index (Phi) is 5.25. The van der Waals surface area contributed by atoms with Crippen molar-refractivity contribution in [3.05, 3.63) is 39.2 Å². The van der Waals surface area contributed by atoms with Gasteiger partial charge >= 0.3 is 11.6 Å². The van der Waals surface area contributed by atoms with E-state index in [-0.39, 0.29) is 47.4 Å². The molecule has 0 spiro atoms. The Morgan fingerprint density at radius 2 is 2.11 bits per heavy atom. The number of ether oxygens (including phenoxy) is 1. The van der Waals surface area contributed by atoms with Crippen molar-refractivity contribution in [2.45, 2.75) is 32.4 Å². The second kappa shape index (κ2) is 7.32. The summed E-state index contributed by atoms with van der Waals surface area (Å²) in [6.45, 7) is 1.86. The number of nitrogens with one attached hydrogen (secondary N) is 1. The third-order valence-electron chi connectivity index (χ3n) is 4.88. The van der Waals surface area contributed by atoms with Crippen LogP contribution in [0.2, 0.25) is 0 Å². The highest BCUT2D eigenvalue weighted by Gasteiger charge is 2.28. The van der Waals surface area contributed by atoms with Gasteiger partial charge in [-0.2, -0.15) is 0 Å². The van der Waals surface area contributed by atoms with Crippen LogP contribution in [-0.4, -0.2) is 44.2 Å². The predicted octanol–water partition coefficient (Wildman–Crippen LogP) is 0.799. The number of methoxy groups -OCH3 is 1. The van der Waals surface area contributed by atoms with Crippen molar-refractivity contribution in [3.8, 4) is 5.75 Å². The Morgan fingerprint density at radius 3 is 2.74 bits per heavy atom. The molecule has 0 saturated carbocycles. The number of fused-ring (bicyclic) bond motifs is 1. The molecule has 0 radical (unpaired) electrons. The highest BCUT2D eigenvalue weighted by Crippen LogP contribution is 2.30. The molecule has 1 aromatic carbocycles. The number of hydrogen-bond donors (Lipinski definition) is 2. The molecule has 0 aliphatic carbocycles. The Labute approximate surface area is 156 Å². The lowest BCUT2D eigenvalue weighted by Crippen LogP contribution is -2.29. The van der Waals surface area contributed by atoms with Gasteiger partial charge in [0.05, 0.1) is 36.2 Å². The molecule has 1 saturated heterocycles. The Hall–Kier alpha value is -2.39. The van der Waals surface area contributed by atoms with E-state index in [0.717, 1.165) is 0 Å². The molecule has 1 fully saturated rings. The van der Waals surface area contributed by atoms with Crippen LogP contribution in [0.5, 0.6) is 5.75 Å². The van der Waals surface area contributed by atoms with Gasteiger partial charge in [0, 0.05) is 18.0 Å². The first-order valence-corrected chi connectivity index (χ1v) is 10.3. The molecule has 8 nitrogen and oxygen atoms in total. The Morgan fingerprint density at radius 1 is 1.37 bits per heavy atom. The maximum absolute atomic E-state index is 12.4. The maximum atomic E-state index is 12.4. The largest absolute Gasteiger partial charge is 0.507 e. The fourth-order valence-electron chi connectivity index (χ4n) is 3.29. The van der Waals surface area contributed by atoms with Gasteiger partial charge in [-0.15, -0.1) is 0 Å². The van der Waals surface area contributed by atoms with E-state index < -0.39 is 21.4 Å². The first-order chi connectivity index (χ1) is 12.7. The van der Waals surface area contributed by atoms with Crippen LogP contribution in [0.25, 0.3) is 11.0 Å². The lowest BCUT2D eigenvalue weighted by Gasteiger charge is -2.14. The first kappa shape index (κ1) is 19.4. The zero-order valence-corrected chi connectivity index (χ0v) is 15.9. The standard InChI is InChI=1S/C18H21NO7S/c1-10-12-3-4-15(20)14(8-19-11-5-6-27(23,24)9-11)17(12)26-18(22)13(10)7-16(21)25-2/h3-4,11,19-20H,5-9H2,1-2H3/t11-/m0/s1. The van der Waals surface area contributed by atoms with Gasteiger partial charge in [-0.3, -0.25) is 4.79 Å². The third kappa shape index (κ3) is 3.98. The Bertz CT molecular complexity index is 1060. The van der Waals surface area contributed by atoms with Gasteiger partial charge in [-0.1, -0.05) is 0 Å². The summed E-state index contributed by atoms with van der Waals surface area (Å²) in [5, 5.41) is 13.9. The van der Waals surface area contributed by atoms with Gasteiger partial charge in [-0.25, -0.2) is 13.2 Å². The fourth-order valence-corrected chi connectivity index (χ4v) is 5.00. The van der Waals surface area contributed by atoms with Crippen LogP contribution in [0.4, 0.5) is 0 Å². The number of aromatic hydroxyl groups is 1. The lowest BCUT2D eigenvalue weighted by molar-refractivity contribution is -0.139. The highest BCUT2D eigenvalue weighted by molar-refractivity contribution is 7.91. The average molecular weight is 395 g/mol. The number of carbonyl (C=O) groups excluding carboxylic acids is 1. The van der Waals surface area contributed by atoms with Crippen LogP contribution < -0.4 is 10.9 Å². The number of esters is 1. The molecule has 2 aromatic rings. The molecule has 0 bridgehead atoms. The number of carbonyl (C=O) groups is 1. The Balaban J connectivity index is 1.97. The summed E-state index contributed by atoms with van der Waals surface area (Å²) in [6.07, 6.45) is 0.301. The van der Waals surface area contributed by atoms with E-state index >= 15 is 0 Å². The van der Waals surface area contributed by atoms with Gasteiger partial charge in [0.15, 0.2) is 9.84 Å². The van der Waals surface area contributed by atoms with Crippen molar-refractivity contribution in [3.63, 3.8) is 0 Å². The number of hydrogen-bond acceptors (Lipinski definition) is 8. The van der Waals surface area contributed by atoms with Crippen LogP contribution in [0, 0.1) is 6.92 Å². The SMILES string of the molecule is COC(=O)Cc1c(C)c2ccc(O)c(CN[C@H]3CCS(=O)(=O)C3)c2oc1=O. The normalized spacial score (nSPS) is 18.7. The minimum Gasteiger partial charge on any atom is -0.507 e. The molecule has 1 atom stereocenters. The van der Waals surface area contributed by atoms with E-state index in [2.05, 4.69) is 10.1 Å². The molecule has 146 valence electrons. The third-order valence-corrected chi connectivity index (χ3v) is 6.65. The molecule has 0 amide bonds. The van der Waals surface area contributed by atoms with Gasteiger partial charge in [0.25, 0.3) is 0 Å². The molecule has 1 aliphatic rings. The second-order valence-corrected chi connectivity index (χ2v) is 8.90. The van der Waals surface area contributed by atoms with Crippen molar-refractivity contribution in [2.24, 2.45) is 0 Å². The summed E-state index contributed by atoms with van der Waals surface area (Å²) in [5.74, 6) is -0.422. The quantitative estimate of drug-likeness (QED) is 0.563. The molecule has 2 N–H and O–H groups in total. The molecule has 27 heavy (non-hydrogen) atoms. The van der Waals surface area contributed by atoms with Crippen molar-refractivity contribution >= 4 is 26.8 Å². The monoisotopic (exact) mass is 395 g/mol. The van der Waals surface area contributed by atoms with Gasteiger partial charge in [0.2, 0.25) is 0 Å². The fraction of sp³-hybridized carbons (Fsp3) is 0.444. The molecular formula is C18H21NO7S. The summed E-state index contributed by atoms with van der Waals surface area (Å²) in [7, 11) is -1.79. The molecule has 3 rings (SSSR count). The van der Waals surface area contributed by atoms with E-state index in [9.17, 15) is 23.1 Å². The van der Waals surface area contributed by atoms with E-state index in [1.807, 2.05) is 0 Å². The second-order valence-electron chi connectivity index (χ2n) is 6.67. The molecule has 0 unspecified atom stereocenters. The molecule has 9 heteroatoms. The molecule has 1 aromatic heterocycles. The number of phenols is 1.